The second-order valence-electron chi connectivity index (χ2n) is 13.2. The highest BCUT2D eigenvalue weighted by molar-refractivity contribution is 6.36. The highest BCUT2D eigenvalue weighted by atomic mass is 15.2. The molecule has 0 saturated heterocycles. The summed E-state index contributed by atoms with van der Waals surface area (Å²) in [4.78, 5) is 7.77. The molecule has 0 bridgehead atoms. The van der Waals surface area contributed by atoms with Gasteiger partial charge in [-0.3, -0.25) is 4.40 Å². The maximum absolute atomic E-state index is 5.40. The van der Waals surface area contributed by atoms with E-state index in [0.29, 0.717) is 0 Å². The number of benzene rings is 7. The van der Waals surface area contributed by atoms with E-state index in [1.54, 1.807) is 0 Å². The van der Waals surface area contributed by atoms with Crippen LogP contribution in [0.3, 0.4) is 0 Å². The molecular weight excluding hydrogens is 597 g/mol. The molecule has 7 aromatic carbocycles. The summed E-state index contributed by atoms with van der Waals surface area (Å²) < 4.78 is 4.92. The fourth-order valence-electron chi connectivity index (χ4n) is 8.90. The number of hydrogen-bond donors (Lipinski definition) is 0. The van der Waals surface area contributed by atoms with E-state index in [2.05, 4.69) is 172 Å². The molecule has 0 aliphatic rings. The van der Waals surface area contributed by atoms with Gasteiger partial charge in [-0.1, -0.05) is 121 Å². The van der Waals surface area contributed by atoms with Gasteiger partial charge in [-0.2, -0.15) is 0 Å². The lowest BCUT2D eigenvalue weighted by molar-refractivity contribution is 1.24. The molecule has 5 heterocycles. The third kappa shape index (κ3) is 3.07. The van der Waals surface area contributed by atoms with Crippen LogP contribution in [0.5, 0.6) is 0 Å². The van der Waals surface area contributed by atoms with Gasteiger partial charge in [-0.05, 0) is 35.7 Å². The van der Waals surface area contributed by atoms with Gasteiger partial charge in [0, 0.05) is 59.9 Å². The summed E-state index contributed by atoms with van der Waals surface area (Å²) in [7, 11) is 0. The molecule has 0 aliphatic carbocycles. The predicted molar refractivity (Wildman–Crippen MR) is 206 cm³/mol. The van der Waals surface area contributed by atoms with Crippen molar-refractivity contribution in [3.8, 4) is 0 Å². The Morgan fingerprint density at radius 3 is 1.65 bits per heavy atom. The lowest BCUT2D eigenvalue weighted by Crippen LogP contribution is -2.10. The second-order valence-corrected chi connectivity index (χ2v) is 13.2. The Bertz CT molecular complexity index is 3220. The summed E-state index contributed by atoms with van der Waals surface area (Å²) in [6, 6.07) is 54.9. The van der Waals surface area contributed by atoms with E-state index in [9.17, 15) is 0 Å². The van der Waals surface area contributed by atoms with Crippen LogP contribution in [0.25, 0.3) is 87.1 Å². The average molecular weight is 623 g/mol. The van der Waals surface area contributed by atoms with E-state index < -0.39 is 0 Å². The fourth-order valence-corrected chi connectivity index (χ4v) is 8.90. The number of hydrogen-bond acceptors (Lipinski definition) is 2. The number of rotatable bonds is 3. The van der Waals surface area contributed by atoms with Crippen LogP contribution in [0.15, 0.2) is 158 Å². The molecule has 5 aromatic heterocycles. The number of pyridine rings is 1. The Labute approximate surface area is 279 Å². The van der Waals surface area contributed by atoms with Crippen molar-refractivity contribution in [2.75, 3.05) is 4.90 Å². The van der Waals surface area contributed by atoms with Crippen molar-refractivity contribution in [1.29, 1.82) is 0 Å². The van der Waals surface area contributed by atoms with Crippen LogP contribution in [-0.2, 0) is 0 Å². The minimum atomic E-state index is 0.991. The minimum Gasteiger partial charge on any atom is -0.308 e. The van der Waals surface area contributed by atoms with Crippen molar-refractivity contribution in [2.24, 2.45) is 0 Å². The fraction of sp³-hybridized carbons (Fsp3) is 0. The lowest BCUT2D eigenvalue weighted by atomic mass is 10.0. The Hall–Kier alpha value is -6.65. The van der Waals surface area contributed by atoms with Crippen molar-refractivity contribution >= 4 is 104 Å². The molecule has 0 radical (unpaired) electrons. The smallest absolute Gasteiger partial charge is 0.146 e. The van der Waals surface area contributed by atoms with Gasteiger partial charge in [0.25, 0.3) is 0 Å². The number of para-hydroxylation sites is 5. The first-order valence-electron chi connectivity index (χ1n) is 16.8. The Morgan fingerprint density at radius 1 is 0.388 bits per heavy atom. The maximum atomic E-state index is 5.40. The molecule has 0 amide bonds. The summed E-state index contributed by atoms with van der Waals surface area (Å²) in [5.74, 6) is 0. The van der Waals surface area contributed by atoms with Gasteiger partial charge < -0.3 is 9.30 Å². The molecule has 4 heteroatoms. The Balaban J connectivity index is 1.28. The summed E-state index contributed by atoms with van der Waals surface area (Å²) in [5.41, 5.74) is 10.4. The van der Waals surface area contributed by atoms with Crippen molar-refractivity contribution in [1.82, 2.24) is 13.8 Å². The van der Waals surface area contributed by atoms with E-state index in [-0.39, 0.29) is 0 Å². The lowest BCUT2D eigenvalue weighted by Gasteiger charge is -2.26. The van der Waals surface area contributed by atoms with Crippen molar-refractivity contribution < 1.29 is 0 Å². The molecule has 0 spiro atoms. The van der Waals surface area contributed by atoms with Gasteiger partial charge in [0.15, 0.2) is 0 Å². The summed E-state index contributed by atoms with van der Waals surface area (Å²) in [5, 5.41) is 12.5. The van der Waals surface area contributed by atoms with Crippen LogP contribution in [0.2, 0.25) is 0 Å². The van der Waals surface area contributed by atoms with Crippen LogP contribution in [0.1, 0.15) is 0 Å². The zero-order chi connectivity index (χ0) is 31.8. The molecule has 0 unspecified atom stereocenters. The van der Waals surface area contributed by atoms with Crippen LogP contribution in [-0.4, -0.2) is 13.8 Å². The monoisotopic (exact) mass is 622 g/mol. The zero-order valence-electron chi connectivity index (χ0n) is 26.3. The average Bonchev–Trinajstić information content (AvgIpc) is 3.89. The number of anilines is 3. The molecule has 0 aliphatic heterocycles. The van der Waals surface area contributed by atoms with Gasteiger partial charge in [0.2, 0.25) is 0 Å². The van der Waals surface area contributed by atoms with Gasteiger partial charge in [-0.15, -0.1) is 0 Å². The van der Waals surface area contributed by atoms with E-state index in [1.165, 1.54) is 70.4 Å². The zero-order valence-corrected chi connectivity index (χ0v) is 26.3. The maximum Gasteiger partial charge on any atom is 0.146 e. The molecule has 0 atom stereocenters. The normalized spacial score (nSPS) is 12.5. The molecule has 49 heavy (non-hydrogen) atoms. The SMILES string of the molecule is c1ccc(N(c2ccccc2)c2cccc3c4cccc5c6c7c8cccc9c%10ccc%11ccccc%11c%10n(c7cnc6n(c23)c45)c98)cc1. The first-order valence-corrected chi connectivity index (χ1v) is 16.8. The quantitative estimate of drug-likeness (QED) is 0.196. The van der Waals surface area contributed by atoms with Gasteiger partial charge in [0.05, 0.1) is 39.5 Å². The highest BCUT2D eigenvalue weighted by Crippen LogP contribution is 2.49. The van der Waals surface area contributed by atoms with Gasteiger partial charge >= 0.3 is 0 Å². The third-order valence-corrected chi connectivity index (χ3v) is 10.8. The predicted octanol–water partition coefficient (Wildman–Crippen LogP) is 12.0. The Kier molecular flexibility index (Phi) is 4.69. The summed E-state index contributed by atoms with van der Waals surface area (Å²) in [6.45, 7) is 0. The number of nitrogens with zero attached hydrogens (tertiary/aromatic N) is 4. The molecular formula is C45H26N4. The first kappa shape index (κ1) is 25.4. The molecule has 226 valence electrons. The summed E-state index contributed by atoms with van der Waals surface area (Å²) in [6.07, 6.45) is 2.12. The number of fused-ring (bicyclic) bond motifs is 15. The van der Waals surface area contributed by atoms with E-state index >= 15 is 0 Å². The minimum absolute atomic E-state index is 0.991. The second kappa shape index (κ2) is 9.03. The first-order chi connectivity index (χ1) is 24.4. The van der Waals surface area contributed by atoms with E-state index in [0.717, 1.165) is 33.7 Å². The van der Waals surface area contributed by atoms with Crippen LogP contribution >= 0.6 is 0 Å². The van der Waals surface area contributed by atoms with Crippen LogP contribution in [0.4, 0.5) is 17.1 Å². The topological polar surface area (TPSA) is 24.9 Å². The van der Waals surface area contributed by atoms with Crippen molar-refractivity contribution in [3.63, 3.8) is 0 Å². The standard InChI is InChI=1S/C45H26N4/c1-3-13-28(14-4-1)47(29-15-5-2-6-16-29)37-23-11-20-33-31-18-10-22-36-40-39-35-21-9-19-32-34-25-24-27-12-7-8-17-30(27)41(34)48(42(32)35)38(39)26-46-45(40)49(43(31)36)44(33)37/h1-26H. The van der Waals surface area contributed by atoms with Gasteiger partial charge in [-0.25, -0.2) is 4.98 Å². The summed E-state index contributed by atoms with van der Waals surface area (Å²) >= 11 is 0. The molecule has 12 rings (SSSR count). The highest BCUT2D eigenvalue weighted by Gasteiger charge is 2.27. The number of aromatic nitrogens is 3. The van der Waals surface area contributed by atoms with E-state index in [1.807, 2.05) is 0 Å². The van der Waals surface area contributed by atoms with Crippen LogP contribution in [0, 0.1) is 0 Å². The Morgan fingerprint density at radius 2 is 0.918 bits per heavy atom. The molecule has 12 aromatic rings. The van der Waals surface area contributed by atoms with Crippen molar-refractivity contribution in [3.05, 3.63) is 158 Å². The van der Waals surface area contributed by atoms with E-state index in [4.69, 9.17) is 4.98 Å². The molecule has 0 fully saturated rings. The van der Waals surface area contributed by atoms with Crippen molar-refractivity contribution in [2.45, 2.75) is 0 Å². The molecule has 4 nitrogen and oxygen atoms in total. The molecule has 0 saturated carbocycles. The largest absolute Gasteiger partial charge is 0.308 e. The van der Waals surface area contributed by atoms with Crippen LogP contribution < -0.4 is 4.90 Å². The van der Waals surface area contributed by atoms with Gasteiger partial charge in [0.1, 0.15) is 5.65 Å². The third-order valence-electron chi connectivity index (χ3n) is 10.8. The molecule has 0 N–H and O–H groups in total.